The van der Waals surface area contributed by atoms with Crippen molar-refractivity contribution in [3.63, 3.8) is 0 Å². The summed E-state index contributed by atoms with van der Waals surface area (Å²) >= 11 is 7.61. The zero-order valence-corrected chi connectivity index (χ0v) is 19.2. The Labute approximate surface area is 183 Å². The molecule has 1 aromatic rings. The van der Waals surface area contributed by atoms with Gasteiger partial charge in [0.25, 0.3) is 0 Å². The Morgan fingerprint density at radius 2 is 2.17 bits per heavy atom. The van der Waals surface area contributed by atoms with Crippen molar-refractivity contribution in [2.45, 2.75) is 69.4 Å². The summed E-state index contributed by atoms with van der Waals surface area (Å²) in [6.07, 6.45) is 9.79. The highest BCUT2D eigenvalue weighted by atomic mass is 35.5. The molecule has 0 aliphatic carbocycles. The van der Waals surface area contributed by atoms with Crippen LogP contribution in [0.1, 0.15) is 63.0 Å². The molecule has 29 heavy (non-hydrogen) atoms. The third-order valence-electron chi connectivity index (χ3n) is 4.88. The molecule has 2 unspecified atom stereocenters. The minimum absolute atomic E-state index is 0.0764. The summed E-state index contributed by atoms with van der Waals surface area (Å²) in [7, 11) is 0. The van der Waals surface area contributed by atoms with Crippen LogP contribution in [-0.4, -0.2) is 45.2 Å². The lowest BCUT2D eigenvalue weighted by atomic mass is 9.86. The van der Waals surface area contributed by atoms with Crippen molar-refractivity contribution in [1.82, 2.24) is 0 Å². The van der Waals surface area contributed by atoms with E-state index in [4.69, 9.17) is 21.8 Å². The largest absolute Gasteiger partial charge is 0.479 e. The topological polar surface area (TPSA) is 96.7 Å². The lowest BCUT2D eigenvalue weighted by molar-refractivity contribution is -0.159. The number of aliphatic hydroxyl groups is 1. The molecule has 1 rings (SSSR count). The van der Waals surface area contributed by atoms with Gasteiger partial charge in [0.2, 0.25) is 0 Å². The molecule has 0 aromatic carbocycles. The Morgan fingerprint density at radius 3 is 2.72 bits per heavy atom. The van der Waals surface area contributed by atoms with Gasteiger partial charge in [0.05, 0.1) is 6.04 Å². The summed E-state index contributed by atoms with van der Waals surface area (Å²) in [5.74, 6) is 0.361. The summed E-state index contributed by atoms with van der Waals surface area (Å²) < 4.78 is 5.99. The van der Waals surface area contributed by atoms with Crippen LogP contribution in [0, 0.1) is 0 Å². The summed E-state index contributed by atoms with van der Waals surface area (Å²) in [5, 5.41) is 20.5. The van der Waals surface area contributed by atoms with Gasteiger partial charge in [-0.05, 0) is 43.2 Å². The zero-order chi connectivity index (χ0) is 22.0. The standard InChI is InChI=1S/C22H34ClNO4S/c1-5-7-8-9-19-18(12-17(28-19)11-10-16(23)6-2)15(3)13-22(27,21(25)26)20(24)14-29-4/h8-9,12,16,20,27H,3,5-7,10-11,13-14,24H2,1-2,4H3,(H,25,26)/b9-8-/t16?,20?,22-/m1/s1. The third kappa shape index (κ3) is 7.52. The zero-order valence-electron chi connectivity index (χ0n) is 17.6. The molecule has 0 saturated heterocycles. The molecule has 1 heterocycles. The number of rotatable bonds is 14. The van der Waals surface area contributed by atoms with E-state index in [2.05, 4.69) is 13.5 Å². The third-order valence-corrected chi connectivity index (χ3v) is 6.10. The van der Waals surface area contributed by atoms with Gasteiger partial charge < -0.3 is 20.4 Å². The molecule has 0 saturated carbocycles. The van der Waals surface area contributed by atoms with Crippen LogP contribution in [0.15, 0.2) is 23.1 Å². The van der Waals surface area contributed by atoms with Crippen LogP contribution in [0.4, 0.5) is 0 Å². The predicted molar refractivity (Wildman–Crippen MR) is 123 cm³/mol. The molecule has 0 aliphatic heterocycles. The molecule has 0 aliphatic rings. The average Bonchev–Trinajstić information content (AvgIpc) is 3.09. The Kier molecular flexibility index (Phi) is 11.1. The lowest BCUT2D eigenvalue weighted by Gasteiger charge is -2.30. The van der Waals surface area contributed by atoms with Crippen molar-refractivity contribution in [2.75, 3.05) is 12.0 Å². The van der Waals surface area contributed by atoms with Gasteiger partial charge in [0, 0.05) is 29.5 Å². The van der Waals surface area contributed by atoms with Gasteiger partial charge in [0.1, 0.15) is 11.5 Å². The van der Waals surface area contributed by atoms with Crippen molar-refractivity contribution in [3.05, 3.63) is 35.8 Å². The van der Waals surface area contributed by atoms with E-state index in [0.29, 0.717) is 29.1 Å². The first-order chi connectivity index (χ1) is 13.7. The molecule has 0 amide bonds. The first kappa shape index (κ1) is 25.8. The van der Waals surface area contributed by atoms with Gasteiger partial charge in [-0.1, -0.05) is 32.9 Å². The highest BCUT2D eigenvalue weighted by Gasteiger charge is 2.43. The molecule has 4 N–H and O–H groups in total. The molecule has 0 radical (unpaired) electrons. The van der Waals surface area contributed by atoms with E-state index < -0.39 is 17.6 Å². The second kappa shape index (κ2) is 12.5. The Balaban J connectivity index is 3.15. The first-order valence-corrected chi connectivity index (χ1v) is 11.8. The Morgan fingerprint density at radius 1 is 1.48 bits per heavy atom. The number of carbonyl (C=O) groups is 1. The second-order valence-electron chi connectivity index (χ2n) is 7.30. The van der Waals surface area contributed by atoms with E-state index in [1.54, 1.807) is 0 Å². The van der Waals surface area contributed by atoms with Crippen molar-refractivity contribution in [3.8, 4) is 0 Å². The fourth-order valence-electron chi connectivity index (χ4n) is 2.94. The molecule has 0 fully saturated rings. The SMILES string of the molecule is C=C(C[C@](O)(C(=O)O)C(N)CSC)c1cc(CCC(Cl)CC)oc1/C=C\CCC. The Bertz CT molecular complexity index is 703. The summed E-state index contributed by atoms with van der Waals surface area (Å²) in [4.78, 5) is 11.8. The number of hydrogen-bond donors (Lipinski definition) is 3. The normalized spacial score (nSPS) is 15.9. The molecule has 7 heteroatoms. The number of aryl methyl sites for hydroxylation is 1. The summed E-state index contributed by atoms with van der Waals surface area (Å²) in [6, 6.07) is 0.953. The van der Waals surface area contributed by atoms with E-state index in [0.717, 1.165) is 31.4 Å². The number of alkyl halides is 1. The van der Waals surface area contributed by atoms with Crippen molar-refractivity contribution >= 4 is 41.0 Å². The maximum Gasteiger partial charge on any atom is 0.337 e. The van der Waals surface area contributed by atoms with E-state index >= 15 is 0 Å². The molecular formula is C22H34ClNO4S. The fourth-order valence-corrected chi connectivity index (χ4v) is 3.69. The van der Waals surface area contributed by atoms with Gasteiger partial charge in [-0.2, -0.15) is 11.8 Å². The van der Waals surface area contributed by atoms with Crippen LogP contribution in [0.5, 0.6) is 0 Å². The van der Waals surface area contributed by atoms with E-state index in [-0.39, 0.29) is 11.8 Å². The highest BCUT2D eigenvalue weighted by Crippen LogP contribution is 2.32. The number of aliphatic carboxylic acids is 1. The van der Waals surface area contributed by atoms with Crippen LogP contribution in [0.3, 0.4) is 0 Å². The number of furan rings is 1. The number of carboxylic acids is 1. The highest BCUT2D eigenvalue weighted by molar-refractivity contribution is 7.98. The van der Waals surface area contributed by atoms with E-state index in [9.17, 15) is 15.0 Å². The summed E-state index contributed by atoms with van der Waals surface area (Å²) in [5.41, 5.74) is 5.07. The number of halogens is 1. The number of unbranched alkanes of at least 4 members (excludes halogenated alkanes) is 1. The molecule has 0 bridgehead atoms. The fraction of sp³-hybridized carbons (Fsp3) is 0.591. The van der Waals surface area contributed by atoms with Crippen LogP contribution in [0.25, 0.3) is 11.6 Å². The predicted octanol–water partition coefficient (Wildman–Crippen LogP) is 4.95. The maximum absolute atomic E-state index is 11.8. The van der Waals surface area contributed by atoms with Gasteiger partial charge in [-0.25, -0.2) is 4.79 Å². The van der Waals surface area contributed by atoms with Crippen molar-refractivity contribution < 1.29 is 19.4 Å². The maximum atomic E-state index is 11.8. The lowest BCUT2D eigenvalue weighted by Crippen LogP contribution is -2.55. The molecule has 3 atom stereocenters. The number of thioether (sulfide) groups is 1. The Hall–Kier alpha value is -1.21. The second-order valence-corrected chi connectivity index (χ2v) is 8.83. The van der Waals surface area contributed by atoms with Gasteiger partial charge in [0.15, 0.2) is 5.60 Å². The molecule has 0 spiro atoms. The van der Waals surface area contributed by atoms with Crippen molar-refractivity contribution in [2.24, 2.45) is 5.73 Å². The smallest absolute Gasteiger partial charge is 0.337 e. The first-order valence-electron chi connectivity index (χ1n) is 10.0. The summed E-state index contributed by atoms with van der Waals surface area (Å²) in [6.45, 7) is 8.17. The number of carboxylic acid groups (broad SMARTS) is 1. The minimum Gasteiger partial charge on any atom is -0.479 e. The number of nitrogens with two attached hydrogens (primary N) is 1. The van der Waals surface area contributed by atoms with Crippen LogP contribution < -0.4 is 5.73 Å². The molecule has 164 valence electrons. The van der Waals surface area contributed by atoms with Crippen molar-refractivity contribution in [1.29, 1.82) is 0 Å². The average molecular weight is 444 g/mol. The van der Waals surface area contributed by atoms with Gasteiger partial charge in [-0.15, -0.1) is 11.6 Å². The van der Waals surface area contributed by atoms with Crippen LogP contribution in [-0.2, 0) is 11.2 Å². The minimum atomic E-state index is -2.09. The van der Waals surface area contributed by atoms with Crippen LogP contribution in [0.2, 0.25) is 0 Å². The van der Waals surface area contributed by atoms with Gasteiger partial charge >= 0.3 is 5.97 Å². The van der Waals surface area contributed by atoms with Crippen LogP contribution >= 0.6 is 23.4 Å². The quantitative estimate of drug-likeness (QED) is 0.352. The monoisotopic (exact) mass is 443 g/mol. The number of allylic oxidation sites excluding steroid dienone is 1. The van der Waals surface area contributed by atoms with E-state index in [1.165, 1.54) is 11.8 Å². The number of hydrogen-bond acceptors (Lipinski definition) is 5. The molecule has 5 nitrogen and oxygen atoms in total. The van der Waals surface area contributed by atoms with E-state index in [1.807, 2.05) is 31.4 Å². The van der Waals surface area contributed by atoms with Gasteiger partial charge in [-0.3, -0.25) is 0 Å². The molecular weight excluding hydrogens is 410 g/mol. The molecule has 1 aromatic heterocycles.